The van der Waals surface area contributed by atoms with Gasteiger partial charge < -0.3 is 16.0 Å². The van der Waals surface area contributed by atoms with E-state index in [2.05, 4.69) is 34.6 Å². The van der Waals surface area contributed by atoms with E-state index in [1.807, 2.05) is 25.8 Å². The summed E-state index contributed by atoms with van der Waals surface area (Å²) >= 11 is 0. The van der Waals surface area contributed by atoms with Crippen molar-refractivity contribution in [2.24, 2.45) is 12.8 Å². The zero-order chi connectivity index (χ0) is 31.2. The second kappa shape index (κ2) is 11.6. The van der Waals surface area contributed by atoms with Crippen LogP contribution in [0.2, 0.25) is 0 Å². The van der Waals surface area contributed by atoms with Crippen LogP contribution in [0.3, 0.4) is 0 Å². The van der Waals surface area contributed by atoms with Gasteiger partial charge in [-0.3, -0.25) is 19.4 Å². The molecule has 4 N–H and O–H groups in total. The average Bonchev–Trinajstić information content (AvgIpc) is 3.66. The Bertz CT molecular complexity index is 1550. The number of nitrogens with two attached hydrogens (primary N) is 1. The number of nitrogens with zero attached hydrogens (tertiary/aromatic N) is 5. The minimum Gasteiger partial charge on any atom is -0.397 e. The molecule has 2 atom stereocenters. The summed E-state index contributed by atoms with van der Waals surface area (Å²) < 4.78 is 43.6. The summed E-state index contributed by atoms with van der Waals surface area (Å²) in [5, 5.41) is 8.65. The van der Waals surface area contributed by atoms with E-state index >= 15 is 0 Å². The van der Waals surface area contributed by atoms with Gasteiger partial charge in [0.15, 0.2) is 0 Å². The number of hydrogen-bond donors (Lipinski definition) is 3. The number of alkyl halides is 3. The third-order valence-corrected chi connectivity index (χ3v) is 8.57. The zero-order valence-corrected chi connectivity index (χ0v) is 25.3. The number of carbonyl (C=O) groups is 1. The molecule has 2 aliphatic heterocycles. The molecule has 0 aliphatic carbocycles. The largest absolute Gasteiger partial charge is 0.416 e. The number of aryl methyl sites for hydroxylation is 2. The molecule has 2 fully saturated rings. The molecule has 230 valence electrons. The number of nitrogens with one attached hydrogen (secondary N) is 2. The normalized spacial score (nSPS) is 19.0. The summed E-state index contributed by atoms with van der Waals surface area (Å²) in [6.07, 6.45) is -0.245. The van der Waals surface area contributed by atoms with Crippen LogP contribution in [0.1, 0.15) is 53.0 Å². The Morgan fingerprint density at radius 1 is 1.14 bits per heavy atom. The van der Waals surface area contributed by atoms with Crippen molar-refractivity contribution in [3.63, 3.8) is 0 Å². The zero-order valence-electron chi connectivity index (χ0n) is 25.3. The van der Waals surface area contributed by atoms with E-state index in [-0.39, 0.29) is 17.3 Å². The number of hydrazine groups is 1. The highest BCUT2D eigenvalue weighted by Crippen LogP contribution is 2.40. The highest BCUT2D eigenvalue weighted by Gasteiger charge is 2.44. The number of piperazine rings is 1. The molecule has 2 saturated heterocycles. The topological polar surface area (TPSA) is 94.7 Å². The summed E-state index contributed by atoms with van der Waals surface area (Å²) in [6, 6.07) is 9.76. The first kappa shape index (κ1) is 30.4. The molecule has 3 heterocycles. The van der Waals surface area contributed by atoms with Crippen molar-refractivity contribution >= 4 is 28.7 Å². The third-order valence-electron chi connectivity index (χ3n) is 8.57. The van der Waals surface area contributed by atoms with Gasteiger partial charge in [0.2, 0.25) is 0 Å². The van der Waals surface area contributed by atoms with Crippen LogP contribution < -0.4 is 26.4 Å². The van der Waals surface area contributed by atoms with E-state index in [0.717, 1.165) is 35.9 Å². The van der Waals surface area contributed by atoms with Crippen LogP contribution in [0.15, 0.2) is 48.8 Å². The molecule has 2 aliphatic rings. The van der Waals surface area contributed by atoms with E-state index in [1.165, 1.54) is 6.07 Å². The number of aromatic nitrogens is 2. The number of hydrogen-bond acceptors (Lipinski definition) is 7. The molecular formula is C31H39F3N8O. The van der Waals surface area contributed by atoms with Crippen LogP contribution >= 0.6 is 0 Å². The minimum absolute atomic E-state index is 0.0992. The number of halogens is 3. The van der Waals surface area contributed by atoms with Gasteiger partial charge in [-0.1, -0.05) is 6.07 Å². The molecule has 0 spiro atoms. The second-order valence-corrected chi connectivity index (χ2v) is 11.7. The summed E-state index contributed by atoms with van der Waals surface area (Å²) in [6.45, 7) is 9.56. The fraction of sp³-hybridized carbons (Fsp3) is 0.419. The van der Waals surface area contributed by atoms with Crippen LogP contribution in [0.25, 0.3) is 5.70 Å². The van der Waals surface area contributed by atoms with Crippen molar-refractivity contribution in [1.29, 1.82) is 0 Å². The summed E-state index contributed by atoms with van der Waals surface area (Å²) in [4.78, 5) is 17.9. The van der Waals surface area contributed by atoms with Crippen LogP contribution in [0, 0.1) is 13.8 Å². The van der Waals surface area contributed by atoms with Crippen LogP contribution in [-0.2, 0) is 13.2 Å². The van der Waals surface area contributed by atoms with Gasteiger partial charge in [-0.2, -0.15) is 18.3 Å². The number of benzene rings is 2. The minimum atomic E-state index is -4.55. The summed E-state index contributed by atoms with van der Waals surface area (Å²) in [5.74, 6) is -0.517. The monoisotopic (exact) mass is 596 g/mol. The smallest absolute Gasteiger partial charge is 0.397 e. The Labute approximate surface area is 250 Å². The van der Waals surface area contributed by atoms with Gasteiger partial charge in [0.05, 0.1) is 23.1 Å². The van der Waals surface area contributed by atoms with Crippen molar-refractivity contribution in [3.8, 4) is 0 Å². The van der Waals surface area contributed by atoms with Gasteiger partial charge in [0, 0.05) is 79.7 Å². The Morgan fingerprint density at radius 2 is 1.88 bits per heavy atom. The van der Waals surface area contributed by atoms with Crippen LogP contribution in [-0.4, -0.2) is 58.9 Å². The maximum Gasteiger partial charge on any atom is 0.416 e. The Balaban J connectivity index is 1.41. The predicted octanol–water partition coefficient (Wildman–Crippen LogP) is 4.88. The molecule has 1 aromatic heterocycles. The third kappa shape index (κ3) is 6.07. The highest BCUT2D eigenvalue weighted by molar-refractivity contribution is 6.05. The number of carbonyl (C=O) groups excluding carboxylic acids is 1. The Hall–Kier alpha value is -4.03. The van der Waals surface area contributed by atoms with Gasteiger partial charge >= 0.3 is 6.18 Å². The lowest BCUT2D eigenvalue weighted by Crippen LogP contribution is -2.49. The van der Waals surface area contributed by atoms with E-state index in [9.17, 15) is 18.0 Å². The van der Waals surface area contributed by atoms with E-state index in [1.54, 1.807) is 53.4 Å². The molecule has 0 saturated carbocycles. The molecule has 2 unspecified atom stereocenters. The van der Waals surface area contributed by atoms with Gasteiger partial charge in [0.1, 0.15) is 0 Å². The lowest BCUT2D eigenvalue weighted by molar-refractivity contribution is -0.137. The van der Waals surface area contributed by atoms with E-state index < -0.39 is 17.6 Å². The summed E-state index contributed by atoms with van der Waals surface area (Å²) in [5.41, 5.74) is 13.2. The lowest BCUT2D eigenvalue weighted by atomic mass is 10.1. The molecule has 43 heavy (non-hydrogen) atoms. The molecule has 0 radical (unpaired) electrons. The maximum atomic E-state index is 14.0. The number of amides is 1. The molecule has 12 heteroatoms. The average molecular weight is 597 g/mol. The lowest BCUT2D eigenvalue weighted by Gasteiger charge is -2.38. The maximum absolute atomic E-state index is 14.0. The molecule has 5 rings (SSSR count). The van der Waals surface area contributed by atoms with Gasteiger partial charge in [0.25, 0.3) is 5.91 Å². The number of fused-ring (bicyclic) bond motifs is 2. The molecule has 9 nitrogen and oxygen atoms in total. The van der Waals surface area contributed by atoms with Crippen molar-refractivity contribution < 1.29 is 18.0 Å². The molecule has 1 amide bonds. The van der Waals surface area contributed by atoms with Gasteiger partial charge in [-0.25, -0.2) is 5.43 Å². The number of likely N-dealkylation sites (tertiary alicyclic amines) is 1. The van der Waals surface area contributed by atoms with Crippen molar-refractivity contribution in [1.82, 2.24) is 20.1 Å². The standard InChI is InChI=1S/C31H39F3N8O/c1-18(2)40-15-26-13-25(40)16-41(26)24-11-22(31(32,33)34)10-23(12-24)38-30(43)21-8-7-19(3)29(9-21)42(36-5)17-28(35)27-14-37-39(6)20(27)4/h7-12,14,17-18,25-26,36H,13,15-16,35H2,1-6H3,(H,38,43)/b28-17-. The molecule has 3 aromatic rings. The van der Waals surface area contributed by atoms with Crippen molar-refractivity contribution in [2.75, 3.05) is 35.4 Å². The van der Waals surface area contributed by atoms with Gasteiger partial charge in [-0.15, -0.1) is 0 Å². The number of anilines is 3. The van der Waals surface area contributed by atoms with Crippen LogP contribution in [0.4, 0.5) is 30.2 Å². The molecule has 2 aromatic carbocycles. The fourth-order valence-electron chi connectivity index (χ4n) is 6.12. The first-order chi connectivity index (χ1) is 20.3. The highest BCUT2D eigenvalue weighted by atomic mass is 19.4. The van der Waals surface area contributed by atoms with Crippen molar-refractivity contribution in [3.05, 3.63) is 76.7 Å². The Kier molecular flexibility index (Phi) is 8.19. The SMILES string of the molecule is CNN(/C=C(\N)c1cnn(C)c1C)c1cc(C(=O)Nc2cc(N3CC4CC3CN4C(C)C)cc(C(F)(F)F)c2)ccc1C. The first-order valence-corrected chi connectivity index (χ1v) is 14.4. The first-order valence-electron chi connectivity index (χ1n) is 14.4. The molecule has 2 bridgehead atoms. The fourth-order valence-corrected chi connectivity index (χ4v) is 6.12. The quantitative estimate of drug-likeness (QED) is 0.319. The van der Waals surface area contributed by atoms with Crippen LogP contribution in [0.5, 0.6) is 0 Å². The van der Waals surface area contributed by atoms with E-state index in [0.29, 0.717) is 35.7 Å². The predicted molar refractivity (Wildman–Crippen MR) is 164 cm³/mol. The summed E-state index contributed by atoms with van der Waals surface area (Å²) in [7, 11) is 3.55. The van der Waals surface area contributed by atoms with Gasteiger partial charge in [-0.05, 0) is 70.0 Å². The Morgan fingerprint density at radius 3 is 2.47 bits per heavy atom. The van der Waals surface area contributed by atoms with Crippen molar-refractivity contribution in [2.45, 2.75) is 58.4 Å². The number of rotatable bonds is 8. The van der Waals surface area contributed by atoms with E-state index in [4.69, 9.17) is 5.73 Å². The molecular weight excluding hydrogens is 557 g/mol. The second-order valence-electron chi connectivity index (χ2n) is 11.7.